The average molecular weight is 249 g/mol. The summed E-state index contributed by atoms with van der Waals surface area (Å²) in [6.07, 6.45) is 2.39. The second-order valence-electron chi connectivity index (χ2n) is 4.11. The van der Waals surface area contributed by atoms with Gasteiger partial charge in [0.1, 0.15) is 11.6 Å². The quantitative estimate of drug-likeness (QED) is 0.833. The molecule has 0 saturated carbocycles. The highest BCUT2D eigenvalue weighted by Crippen LogP contribution is 2.06. The largest absolute Gasteiger partial charge is 0.295 e. The first-order valence-electron chi connectivity index (χ1n) is 5.53. The van der Waals surface area contributed by atoms with E-state index in [2.05, 4.69) is 9.97 Å². The third-order valence-electron chi connectivity index (χ3n) is 2.44. The van der Waals surface area contributed by atoms with Crippen LogP contribution in [0.5, 0.6) is 0 Å². The van der Waals surface area contributed by atoms with Crippen molar-refractivity contribution < 1.29 is 8.78 Å². The summed E-state index contributed by atoms with van der Waals surface area (Å²) >= 11 is 0. The van der Waals surface area contributed by atoms with Gasteiger partial charge in [-0.2, -0.15) is 0 Å². The van der Waals surface area contributed by atoms with Crippen LogP contribution in [-0.2, 0) is 13.1 Å². The Morgan fingerprint density at radius 1 is 0.889 bits per heavy atom. The third-order valence-corrected chi connectivity index (χ3v) is 2.44. The molecule has 0 bridgehead atoms. The Hall–Kier alpha value is -1.88. The standard InChI is InChI=1S/C13H13F2N3/c1-18(8-12-4-2-10(14)6-16-12)9-13-5-3-11(15)7-17-13/h2-7H,8-9H2,1H3. The molecule has 0 saturated heterocycles. The van der Waals surface area contributed by atoms with E-state index < -0.39 is 0 Å². The highest BCUT2D eigenvalue weighted by atomic mass is 19.1. The average Bonchev–Trinajstić information content (AvgIpc) is 2.35. The molecule has 0 unspecified atom stereocenters. The van der Waals surface area contributed by atoms with Crippen molar-refractivity contribution in [3.8, 4) is 0 Å². The summed E-state index contributed by atoms with van der Waals surface area (Å²) < 4.78 is 25.4. The maximum atomic E-state index is 12.7. The van der Waals surface area contributed by atoms with Gasteiger partial charge in [-0.05, 0) is 31.3 Å². The lowest BCUT2D eigenvalue weighted by atomic mass is 10.3. The van der Waals surface area contributed by atoms with E-state index in [0.717, 1.165) is 11.4 Å². The molecular weight excluding hydrogens is 236 g/mol. The first-order chi connectivity index (χ1) is 8.63. The normalized spacial score (nSPS) is 10.9. The van der Waals surface area contributed by atoms with Gasteiger partial charge in [0.25, 0.3) is 0 Å². The summed E-state index contributed by atoms with van der Waals surface area (Å²) in [6, 6.07) is 6.05. The van der Waals surface area contributed by atoms with Gasteiger partial charge in [0.2, 0.25) is 0 Å². The molecule has 5 heteroatoms. The van der Waals surface area contributed by atoms with Crippen molar-refractivity contribution in [3.63, 3.8) is 0 Å². The van der Waals surface area contributed by atoms with Gasteiger partial charge >= 0.3 is 0 Å². The Morgan fingerprint density at radius 3 is 1.67 bits per heavy atom. The lowest BCUT2D eigenvalue weighted by molar-refractivity contribution is 0.310. The Labute approximate surface area is 104 Å². The van der Waals surface area contributed by atoms with Crippen molar-refractivity contribution >= 4 is 0 Å². The third kappa shape index (κ3) is 3.56. The number of hydrogen-bond donors (Lipinski definition) is 0. The number of halogens is 2. The minimum atomic E-state index is -0.346. The molecule has 0 aliphatic heterocycles. The van der Waals surface area contributed by atoms with Crippen LogP contribution in [0.2, 0.25) is 0 Å². The van der Waals surface area contributed by atoms with Crippen molar-refractivity contribution in [1.82, 2.24) is 14.9 Å². The number of hydrogen-bond acceptors (Lipinski definition) is 3. The van der Waals surface area contributed by atoms with Gasteiger partial charge in [0, 0.05) is 13.1 Å². The molecule has 0 aromatic carbocycles. The first kappa shape index (κ1) is 12.6. The van der Waals surface area contributed by atoms with Crippen LogP contribution in [0.4, 0.5) is 8.78 Å². The molecule has 2 heterocycles. The summed E-state index contributed by atoms with van der Waals surface area (Å²) in [5.74, 6) is -0.691. The second-order valence-corrected chi connectivity index (χ2v) is 4.11. The van der Waals surface area contributed by atoms with E-state index in [1.54, 1.807) is 12.1 Å². The molecule has 2 rings (SSSR count). The van der Waals surface area contributed by atoms with Crippen LogP contribution in [0.1, 0.15) is 11.4 Å². The maximum Gasteiger partial charge on any atom is 0.141 e. The van der Waals surface area contributed by atoms with Crippen LogP contribution < -0.4 is 0 Å². The molecule has 94 valence electrons. The fraction of sp³-hybridized carbons (Fsp3) is 0.231. The molecule has 0 spiro atoms. The zero-order valence-corrected chi connectivity index (χ0v) is 9.98. The molecule has 0 atom stereocenters. The van der Waals surface area contributed by atoms with Gasteiger partial charge in [0.05, 0.1) is 23.8 Å². The van der Waals surface area contributed by atoms with Crippen molar-refractivity contribution in [1.29, 1.82) is 0 Å². The summed E-state index contributed by atoms with van der Waals surface area (Å²) in [7, 11) is 1.90. The Balaban J connectivity index is 1.94. The highest BCUT2D eigenvalue weighted by Gasteiger charge is 2.04. The molecule has 0 amide bonds. The molecule has 18 heavy (non-hydrogen) atoms. The molecule has 0 radical (unpaired) electrons. The Morgan fingerprint density at radius 2 is 1.33 bits per heavy atom. The monoisotopic (exact) mass is 249 g/mol. The van der Waals surface area contributed by atoms with Crippen LogP contribution in [0, 0.1) is 11.6 Å². The summed E-state index contributed by atoms with van der Waals surface area (Å²) in [4.78, 5) is 9.93. The first-order valence-corrected chi connectivity index (χ1v) is 5.53. The van der Waals surface area contributed by atoms with Gasteiger partial charge in [-0.1, -0.05) is 0 Å². The Kier molecular flexibility index (Phi) is 3.94. The molecular formula is C13H13F2N3. The SMILES string of the molecule is CN(Cc1ccc(F)cn1)Cc1ccc(F)cn1. The van der Waals surface area contributed by atoms with Crippen LogP contribution in [0.25, 0.3) is 0 Å². The Bertz CT molecular complexity index is 449. The van der Waals surface area contributed by atoms with Crippen molar-refractivity contribution in [3.05, 3.63) is 59.7 Å². The molecule has 3 nitrogen and oxygen atoms in total. The van der Waals surface area contributed by atoms with Crippen LogP contribution in [0.15, 0.2) is 36.7 Å². The van der Waals surface area contributed by atoms with E-state index in [9.17, 15) is 8.78 Å². The van der Waals surface area contributed by atoms with Gasteiger partial charge in [-0.25, -0.2) is 8.78 Å². The van der Waals surface area contributed by atoms with E-state index in [4.69, 9.17) is 0 Å². The number of aromatic nitrogens is 2. The lowest BCUT2D eigenvalue weighted by Gasteiger charge is -2.15. The predicted molar refractivity (Wildman–Crippen MR) is 63.6 cm³/mol. The number of nitrogens with zero attached hydrogens (tertiary/aromatic N) is 3. The van der Waals surface area contributed by atoms with Crippen molar-refractivity contribution in [2.45, 2.75) is 13.1 Å². The van der Waals surface area contributed by atoms with E-state index in [0.29, 0.717) is 13.1 Å². The van der Waals surface area contributed by atoms with Gasteiger partial charge in [-0.3, -0.25) is 14.9 Å². The molecule has 0 fully saturated rings. The number of rotatable bonds is 4. The van der Waals surface area contributed by atoms with E-state index >= 15 is 0 Å². The van der Waals surface area contributed by atoms with E-state index in [-0.39, 0.29) is 11.6 Å². The van der Waals surface area contributed by atoms with Gasteiger partial charge in [-0.15, -0.1) is 0 Å². The van der Waals surface area contributed by atoms with Crippen LogP contribution in [0.3, 0.4) is 0 Å². The minimum absolute atomic E-state index is 0.346. The summed E-state index contributed by atoms with van der Waals surface area (Å²) in [5.41, 5.74) is 1.56. The van der Waals surface area contributed by atoms with Gasteiger partial charge < -0.3 is 0 Å². The molecule has 0 N–H and O–H groups in total. The zero-order valence-electron chi connectivity index (χ0n) is 9.98. The fourth-order valence-electron chi connectivity index (χ4n) is 1.61. The fourth-order valence-corrected chi connectivity index (χ4v) is 1.61. The minimum Gasteiger partial charge on any atom is -0.295 e. The molecule has 2 aromatic heterocycles. The molecule has 0 aliphatic rings. The van der Waals surface area contributed by atoms with Crippen LogP contribution >= 0.6 is 0 Å². The maximum absolute atomic E-state index is 12.7. The van der Waals surface area contributed by atoms with E-state index in [1.165, 1.54) is 24.5 Å². The topological polar surface area (TPSA) is 29.0 Å². The smallest absolute Gasteiger partial charge is 0.141 e. The van der Waals surface area contributed by atoms with E-state index in [1.807, 2.05) is 11.9 Å². The zero-order chi connectivity index (χ0) is 13.0. The van der Waals surface area contributed by atoms with Gasteiger partial charge in [0.15, 0.2) is 0 Å². The van der Waals surface area contributed by atoms with Crippen LogP contribution in [-0.4, -0.2) is 21.9 Å². The summed E-state index contributed by atoms with van der Waals surface area (Å²) in [6.45, 7) is 1.17. The number of pyridine rings is 2. The lowest BCUT2D eigenvalue weighted by Crippen LogP contribution is -2.18. The van der Waals surface area contributed by atoms with Crippen molar-refractivity contribution in [2.75, 3.05) is 7.05 Å². The predicted octanol–water partition coefficient (Wildman–Crippen LogP) is 2.39. The van der Waals surface area contributed by atoms with Crippen molar-refractivity contribution in [2.24, 2.45) is 0 Å². The summed E-state index contributed by atoms with van der Waals surface area (Å²) in [5, 5.41) is 0. The molecule has 2 aromatic rings. The highest BCUT2D eigenvalue weighted by molar-refractivity contribution is 5.07. The second kappa shape index (κ2) is 5.64. The molecule has 0 aliphatic carbocycles.